The van der Waals surface area contributed by atoms with Crippen LogP contribution in [-0.4, -0.2) is 34.5 Å². The van der Waals surface area contributed by atoms with Crippen LogP contribution in [0.4, 0.5) is 0 Å². The van der Waals surface area contributed by atoms with Crippen molar-refractivity contribution in [3.8, 4) is 10.6 Å². The van der Waals surface area contributed by atoms with E-state index in [9.17, 15) is 0 Å². The van der Waals surface area contributed by atoms with Gasteiger partial charge in [-0.1, -0.05) is 30.3 Å². The predicted molar refractivity (Wildman–Crippen MR) is 62.0 cm³/mol. The van der Waals surface area contributed by atoms with Crippen LogP contribution in [0.5, 0.6) is 0 Å². The van der Waals surface area contributed by atoms with Crippen LogP contribution in [0.25, 0.3) is 10.6 Å². The summed E-state index contributed by atoms with van der Waals surface area (Å²) in [7, 11) is 0. The van der Waals surface area contributed by atoms with Gasteiger partial charge in [-0.2, -0.15) is 0 Å². The molecule has 0 aliphatic carbocycles. The van der Waals surface area contributed by atoms with Gasteiger partial charge in [0.25, 0.3) is 0 Å². The minimum absolute atomic E-state index is 0. The summed E-state index contributed by atoms with van der Waals surface area (Å²) in [6, 6.07) is 10.1. The maximum absolute atomic E-state index is 4.26. The minimum atomic E-state index is 0. The van der Waals surface area contributed by atoms with E-state index in [-0.39, 0.29) is 29.6 Å². The van der Waals surface area contributed by atoms with E-state index in [1.165, 1.54) is 0 Å². The van der Waals surface area contributed by atoms with E-state index in [4.69, 9.17) is 0 Å². The van der Waals surface area contributed by atoms with Crippen molar-refractivity contribution in [2.75, 3.05) is 0 Å². The van der Waals surface area contributed by atoms with Crippen LogP contribution in [0.15, 0.2) is 40.7 Å². The number of thiazole rings is 1. The van der Waals surface area contributed by atoms with Crippen LogP contribution in [0.1, 0.15) is 0 Å². The van der Waals surface area contributed by atoms with Gasteiger partial charge in [-0.15, -0.1) is 24.0 Å². The van der Waals surface area contributed by atoms with Crippen molar-refractivity contribution in [3.63, 3.8) is 0 Å². The van der Waals surface area contributed by atoms with Crippen LogP contribution in [0, 0.1) is 0 Å². The van der Waals surface area contributed by atoms with Gasteiger partial charge in [0.1, 0.15) is 10.0 Å². The summed E-state index contributed by atoms with van der Waals surface area (Å²) in [5, 5.41) is 3.75. The first kappa shape index (κ1) is 11.3. The predicted octanol–water partition coefficient (Wildman–Crippen LogP) is 2.45. The molecule has 2 aromatic rings. The van der Waals surface area contributed by atoms with Crippen molar-refractivity contribution >= 4 is 53.5 Å². The van der Waals surface area contributed by atoms with Gasteiger partial charge in [0, 0.05) is 10.9 Å². The van der Waals surface area contributed by atoms with Gasteiger partial charge in [0.05, 0.1) is 0 Å². The average Bonchev–Trinajstić information content (AvgIpc) is 2.54. The molecule has 4 heteroatoms. The Morgan fingerprint density at radius 2 is 1.85 bits per heavy atom. The quantitative estimate of drug-likeness (QED) is 0.572. The molecule has 1 aromatic carbocycles. The van der Waals surface area contributed by atoms with Crippen LogP contribution >= 0.6 is 24.0 Å². The standard InChI is InChI=1S/C9H7NS2.Na.H/c11-8-6-12-9(10-8)7-4-2-1-3-5-7;;/h1-6,11H;;. The molecule has 1 aromatic heterocycles. The zero-order valence-corrected chi connectivity index (χ0v) is 7.98. The molecule has 0 bridgehead atoms. The number of nitrogens with zero attached hydrogens (tertiary/aromatic N) is 1. The van der Waals surface area contributed by atoms with Crippen molar-refractivity contribution in [1.82, 2.24) is 4.98 Å². The second kappa shape index (κ2) is 5.17. The summed E-state index contributed by atoms with van der Waals surface area (Å²) in [5.41, 5.74) is 1.16. The van der Waals surface area contributed by atoms with Crippen LogP contribution in [0.2, 0.25) is 0 Å². The fraction of sp³-hybridized carbons (Fsp3) is 0. The molecule has 13 heavy (non-hydrogen) atoms. The molecule has 1 heterocycles. The summed E-state index contributed by atoms with van der Waals surface area (Å²) in [4.78, 5) is 4.26. The van der Waals surface area contributed by atoms with Gasteiger partial charge >= 0.3 is 29.6 Å². The number of aromatic nitrogens is 1. The molecular weight excluding hydrogens is 209 g/mol. The fourth-order valence-corrected chi connectivity index (χ4v) is 2.00. The van der Waals surface area contributed by atoms with Crippen molar-refractivity contribution < 1.29 is 0 Å². The van der Waals surface area contributed by atoms with Gasteiger partial charge in [-0.3, -0.25) is 0 Å². The molecule has 0 amide bonds. The van der Waals surface area contributed by atoms with Crippen molar-refractivity contribution in [3.05, 3.63) is 35.7 Å². The summed E-state index contributed by atoms with van der Waals surface area (Å²) in [6.45, 7) is 0. The number of hydrogen-bond acceptors (Lipinski definition) is 3. The number of rotatable bonds is 1. The molecule has 0 aliphatic heterocycles. The molecule has 1 nitrogen and oxygen atoms in total. The van der Waals surface area contributed by atoms with Crippen LogP contribution < -0.4 is 0 Å². The molecule has 0 saturated carbocycles. The molecule has 0 spiro atoms. The third kappa shape index (κ3) is 2.82. The zero-order chi connectivity index (χ0) is 8.39. The van der Waals surface area contributed by atoms with Crippen molar-refractivity contribution in [2.45, 2.75) is 5.03 Å². The van der Waals surface area contributed by atoms with E-state index in [0.29, 0.717) is 0 Å². The van der Waals surface area contributed by atoms with E-state index in [1.54, 1.807) is 11.3 Å². The molecule has 0 N–H and O–H groups in total. The molecule has 0 aliphatic rings. The second-order valence-electron chi connectivity index (χ2n) is 2.38. The third-order valence-corrected chi connectivity index (χ3v) is 2.81. The Morgan fingerprint density at radius 1 is 1.15 bits per heavy atom. The Balaban J connectivity index is 0.000000845. The first-order valence-electron chi connectivity index (χ1n) is 3.56. The van der Waals surface area contributed by atoms with E-state index < -0.39 is 0 Å². The molecule has 0 radical (unpaired) electrons. The summed E-state index contributed by atoms with van der Waals surface area (Å²) in [5.74, 6) is 0. The Bertz CT molecular complexity index is 372. The Morgan fingerprint density at radius 3 is 2.38 bits per heavy atom. The molecule has 0 fully saturated rings. The van der Waals surface area contributed by atoms with E-state index in [1.807, 2.05) is 35.7 Å². The van der Waals surface area contributed by atoms with Gasteiger partial charge in [-0.25, -0.2) is 4.98 Å². The monoisotopic (exact) mass is 217 g/mol. The summed E-state index contributed by atoms with van der Waals surface area (Å²) >= 11 is 5.77. The molecule has 0 atom stereocenters. The normalized spacial score (nSPS) is 9.31. The van der Waals surface area contributed by atoms with Crippen LogP contribution in [-0.2, 0) is 0 Å². The van der Waals surface area contributed by atoms with Crippen molar-refractivity contribution in [2.24, 2.45) is 0 Å². The SMILES string of the molecule is Sc1csc(-c2ccccc2)n1.[NaH]. The van der Waals surface area contributed by atoms with Gasteiger partial charge in [-0.05, 0) is 0 Å². The fourth-order valence-electron chi connectivity index (χ4n) is 0.979. The van der Waals surface area contributed by atoms with E-state index in [0.717, 1.165) is 15.6 Å². The summed E-state index contributed by atoms with van der Waals surface area (Å²) in [6.07, 6.45) is 0. The average molecular weight is 217 g/mol. The Labute approximate surface area is 109 Å². The summed E-state index contributed by atoms with van der Waals surface area (Å²) < 4.78 is 0. The number of benzene rings is 1. The van der Waals surface area contributed by atoms with Gasteiger partial charge in [0.2, 0.25) is 0 Å². The van der Waals surface area contributed by atoms with Crippen molar-refractivity contribution in [1.29, 1.82) is 0 Å². The molecular formula is C9H8NNaS2. The number of thiol groups is 1. The Hall–Kier alpha value is 0.200. The maximum atomic E-state index is 4.26. The second-order valence-corrected chi connectivity index (χ2v) is 3.69. The van der Waals surface area contributed by atoms with Gasteiger partial charge < -0.3 is 0 Å². The topological polar surface area (TPSA) is 12.9 Å². The molecule has 2 rings (SSSR count). The molecule has 0 saturated heterocycles. The first-order chi connectivity index (χ1) is 5.86. The van der Waals surface area contributed by atoms with E-state index in [2.05, 4.69) is 17.6 Å². The van der Waals surface area contributed by atoms with Gasteiger partial charge in [0.15, 0.2) is 0 Å². The Kier molecular flexibility index (Phi) is 4.49. The molecule has 0 unspecified atom stereocenters. The van der Waals surface area contributed by atoms with E-state index >= 15 is 0 Å². The zero-order valence-electron chi connectivity index (χ0n) is 6.27. The third-order valence-electron chi connectivity index (χ3n) is 1.51. The molecule has 62 valence electrons. The van der Waals surface area contributed by atoms with Crippen LogP contribution in [0.3, 0.4) is 0 Å². The first-order valence-corrected chi connectivity index (χ1v) is 4.89. The number of hydrogen-bond donors (Lipinski definition) is 1.